The lowest BCUT2D eigenvalue weighted by atomic mass is 9.95. The highest BCUT2D eigenvalue weighted by atomic mass is 35.5. The summed E-state index contributed by atoms with van der Waals surface area (Å²) in [5.41, 5.74) is 5.33. The zero-order valence-corrected chi connectivity index (χ0v) is 22.2. The largest absolute Gasteiger partial charge is 0.457 e. The number of fused-ring (bicyclic) bond motifs is 1. The molecular formula is C29H27ClN4O2S. The molecular weight excluding hydrogens is 504 g/mol. The van der Waals surface area contributed by atoms with E-state index in [1.54, 1.807) is 4.68 Å². The van der Waals surface area contributed by atoms with Crippen LogP contribution in [-0.4, -0.2) is 20.7 Å². The van der Waals surface area contributed by atoms with Crippen LogP contribution in [0.25, 0.3) is 0 Å². The average molecular weight is 531 g/mol. The van der Waals surface area contributed by atoms with Gasteiger partial charge < -0.3 is 10.1 Å². The van der Waals surface area contributed by atoms with E-state index in [0.717, 1.165) is 23.1 Å². The smallest absolute Gasteiger partial charge is 0.338 e. The number of hydrogen-bond acceptors (Lipinski definition) is 6. The Morgan fingerprint density at radius 3 is 2.49 bits per heavy atom. The lowest BCUT2D eigenvalue weighted by molar-refractivity contribution is -0.140. The van der Waals surface area contributed by atoms with Gasteiger partial charge in [-0.2, -0.15) is 4.98 Å². The summed E-state index contributed by atoms with van der Waals surface area (Å²) in [7, 11) is 0. The van der Waals surface area contributed by atoms with Crippen LogP contribution in [0.15, 0.2) is 95.3 Å². The Labute approximate surface area is 225 Å². The fourth-order valence-electron chi connectivity index (χ4n) is 4.26. The number of anilines is 1. The van der Waals surface area contributed by atoms with Gasteiger partial charge in [0.1, 0.15) is 12.6 Å². The van der Waals surface area contributed by atoms with Crippen LogP contribution in [0.3, 0.4) is 0 Å². The minimum absolute atomic E-state index is 0.196. The minimum atomic E-state index is -0.465. The molecule has 1 aliphatic rings. The molecule has 2 heterocycles. The molecule has 4 aromatic rings. The molecule has 8 heteroatoms. The Morgan fingerprint density at radius 1 is 1.03 bits per heavy atom. The second kappa shape index (κ2) is 11.2. The van der Waals surface area contributed by atoms with Crippen LogP contribution in [0, 0.1) is 0 Å². The molecule has 1 aliphatic heterocycles. The molecule has 0 spiro atoms. The van der Waals surface area contributed by atoms with Crippen LogP contribution in [0.2, 0.25) is 5.02 Å². The molecule has 0 aliphatic carbocycles. The second-order valence-electron chi connectivity index (χ2n) is 8.77. The number of hydrogen-bond donors (Lipinski definition) is 1. The van der Waals surface area contributed by atoms with Crippen molar-refractivity contribution in [3.8, 4) is 0 Å². The molecule has 37 heavy (non-hydrogen) atoms. The number of carbonyl (C=O) groups is 1. The number of nitrogens with one attached hydrogen (secondary N) is 1. The highest BCUT2D eigenvalue weighted by Crippen LogP contribution is 2.37. The van der Waals surface area contributed by atoms with E-state index >= 15 is 0 Å². The van der Waals surface area contributed by atoms with Crippen molar-refractivity contribution < 1.29 is 9.53 Å². The van der Waals surface area contributed by atoms with Crippen molar-refractivity contribution in [2.75, 3.05) is 5.32 Å². The Hall–Kier alpha value is -3.55. The van der Waals surface area contributed by atoms with Gasteiger partial charge in [-0.15, -0.1) is 5.10 Å². The van der Waals surface area contributed by atoms with Crippen LogP contribution in [0.1, 0.15) is 42.1 Å². The number of carbonyl (C=O) groups excluding carboxylic acids is 1. The van der Waals surface area contributed by atoms with E-state index in [4.69, 9.17) is 26.4 Å². The van der Waals surface area contributed by atoms with Crippen molar-refractivity contribution in [1.82, 2.24) is 14.8 Å². The standard InChI is InChI=1S/C29H27ClN4O2S/c1-3-20-13-15-22(16-14-20)26-25(27(35)36-17-21-9-5-4-6-10-21)19(2)31-28-32-29(33-34(26)28)37-18-23-11-7-8-12-24(23)30/h4-16,26H,3,17-18H2,1-2H3,(H,31,32,33). The average Bonchev–Trinajstić information content (AvgIpc) is 3.33. The zero-order chi connectivity index (χ0) is 25.8. The number of nitrogens with zero attached hydrogens (tertiary/aromatic N) is 3. The van der Waals surface area contributed by atoms with Crippen LogP contribution in [-0.2, 0) is 28.3 Å². The first-order valence-electron chi connectivity index (χ1n) is 12.1. The van der Waals surface area contributed by atoms with E-state index < -0.39 is 6.04 Å². The summed E-state index contributed by atoms with van der Waals surface area (Å²) in [6, 6.07) is 25.2. The van der Waals surface area contributed by atoms with Gasteiger partial charge in [0, 0.05) is 16.5 Å². The molecule has 1 unspecified atom stereocenters. The minimum Gasteiger partial charge on any atom is -0.457 e. The highest BCUT2D eigenvalue weighted by Gasteiger charge is 2.35. The summed E-state index contributed by atoms with van der Waals surface area (Å²) < 4.78 is 7.54. The molecule has 0 amide bonds. The monoisotopic (exact) mass is 530 g/mol. The first kappa shape index (κ1) is 25.1. The number of aromatic nitrogens is 3. The normalized spacial score (nSPS) is 14.7. The molecule has 1 N–H and O–H groups in total. The van der Waals surface area contributed by atoms with E-state index in [2.05, 4.69) is 36.5 Å². The van der Waals surface area contributed by atoms with Crippen LogP contribution in [0.4, 0.5) is 5.95 Å². The molecule has 0 radical (unpaired) electrons. The number of esters is 1. The number of rotatable bonds is 8. The van der Waals surface area contributed by atoms with E-state index in [9.17, 15) is 4.79 Å². The first-order valence-corrected chi connectivity index (χ1v) is 13.5. The summed E-state index contributed by atoms with van der Waals surface area (Å²) in [6.07, 6.45) is 0.935. The van der Waals surface area contributed by atoms with Gasteiger partial charge in [0.15, 0.2) is 0 Å². The zero-order valence-electron chi connectivity index (χ0n) is 20.6. The first-order chi connectivity index (χ1) is 18.0. The van der Waals surface area contributed by atoms with E-state index in [1.807, 2.05) is 61.5 Å². The quantitative estimate of drug-likeness (QED) is 0.199. The third kappa shape index (κ3) is 5.58. The molecule has 1 atom stereocenters. The van der Waals surface area contributed by atoms with Gasteiger partial charge in [0.2, 0.25) is 11.1 Å². The number of ether oxygens (including phenoxy) is 1. The van der Waals surface area contributed by atoms with Gasteiger partial charge in [-0.3, -0.25) is 0 Å². The van der Waals surface area contributed by atoms with Gasteiger partial charge in [-0.05, 0) is 41.7 Å². The Kier molecular flexibility index (Phi) is 7.63. The maximum absolute atomic E-state index is 13.5. The lowest BCUT2D eigenvalue weighted by Gasteiger charge is -2.28. The van der Waals surface area contributed by atoms with E-state index in [1.165, 1.54) is 17.3 Å². The van der Waals surface area contributed by atoms with E-state index in [0.29, 0.717) is 33.2 Å². The molecule has 6 nitrogen and oxygen atoms in total. The van der Waals surface area contributed by atoms with Crippen LogP contribution >= 0.6 is 23.4 Å². The Morgan fingerprint density at radius 2 is 1.76 bits per heavy atom. The van der Waals surface area contributed by atoms with Gasteiger partial charge in [0.25, 0.3) is 0 Å². The second-order valence-corrected chi connectivity index (χ2v) is 10.1. The van der Waals surface area contributed by atoms with Gasteiger partial charge in [-0.1, -0.05) is 103 Å². The Bertz CT molecular complexity index is 1430. The fourth-order valence-corrected chi connectivity index (χ4v) is 5.37. The number of aryl methyl sites for hydroxylation is 1. The van der Waals surface area contributed by atoms with Crippen molar-refractivity contribution in [2.45, 2.75) is 43.8 Å². The molecule has 3 aromatic carbocycles. The van der Waals surface area contributed by atoms with E-state index in [-0.39, 0.29) is 12.6 Å². The van der Waals surface area contributed by atoms with Crippen molar-refractivity contribution in [3.05, 3.63) is 117 Å². The predicted octanol–water partition coefficient (Wildman–Crippen LogP) is 6.82. The van der Waals surface area contributed by atoms with Crippen LogP contribution in [0.5, 0.6) is 0 Å². The third-order valence-electron chi connectivity index (χ3n) is 6.28. The molecule has 1 aromatic heterocycles. The maximum Gasteiger partial charge on any atom is 0.338 e. The SMILES string of the molecule is CCc1ccc(C2C(C(=O)OCc3ccccc3)=C(C)Nc3nc(SCc4ccccc4Cl)nn32)cc1. The fraction of sp³-hybridized carbons (Fsp3) is 0.207. The summed E-state index contributed by atoms with van der Waals surface area (Å²) in [5, 5.41) is 9.39. The van der Waals surface area contributed by atoms with Crippen LogP contribution < -0.4 is 5.32 Å². The molecule has 5 rings (SSSR count). The Balaban J connectivity index is 1.45. The molecule has 0 saturated carbocycles. The summed E-state index contributed by atoms with van der Waals surface area (Å²) in [5.74, 6) is 0.838. The van der Waals surface area contributed by atoms with Gasteiger partial charge in [0.05, 0.1) is 5.57 Å². The van der Waals surface area contributed by atoms with Crippen molar-refractivity contribution in [1.29, 1.82) is 0 Å². The lowest BCUT2D eigenvalue weighted by Crippen LogP contribution is -2.29. The number of thioether (sulfide) groups is 1. The molecule has 0 bridgehead atoms. The van der Waals surface area contributed by atoms with Gasteiger partial charge >= 0.3 is 5.97 Å². The number of allylic oxidation sites excluding steroid dienone is 1. The number of halogens is 1. The highest BCUT2D eigenvalue weighted by molar-refractivity contribution is 7.98. The molecule has 0 saturated heterocycles. The topological polar surface area (TPSA) is 69.0 Å². The van der Waals surface area contributed by atoms with Crippen molar-refractivity contribution in [2.24, 2.45) is 0 Å². The molecule has 188 valence electrons. The summed E-state index contributed by atoms with van der Waals surface area (Å²) in [4.78, 5) is 18.2. The summed E-state index contributed by atoms with van der Waals surface area (Å²) in [6.45, 7) is 4.19. The number of benzene rings is 3. The third-order valence-corrected chi connectivity index (χ3v) is 7.54. The molecule has 0 fully saturated rings. The van der Waals surface area contributed by atoms with Crippen molar-refractivity contribution in [3.63, 3.8) is 0 Å². The van der Waals surface area contributed by atoms with Crippen molar-refractivity contribution >= 4 is 35.3 Å². The summed E-state index contributed by atoms with van der Waals surface area (Å²) >= 11 is 7.84. The predicted molar refractivity (Wildman–Crippen MR) is 148 cm³/mol. The van der Waals surface area contributed by atoms with Gasteiger partial charge in [-0.25, -0.2) is 9.48 Å². The maximum atomic E-state index is 13.5.